The SMILES string of the molecule is CCn1nc(C)cc1C(=O)Nc1nc2cc(C(N)=O)ccc2n1CCCCn1c(NC(=O)CCC(=O)OC)nc2cccc(C)c21. The number of anilines is 2. The molecule has 0 aliphatic carbocycles. The first-order valence-corrected chi connectivity index (χ1v) is 15.1. The lowest BCUT2D eigenvalue weighted by molar-refractivity contribution is -0.141. The van der Waals surface area contributed by atoms with Crippen LogP contribution in [0.1, 0.15) is 64.7 Å². The third-order valence-electron chi connectivity index (χ3n) is 7.71. The number of unbranched alkanes of at least 4 members (excludes halogenated alkanes) is 1. The monoisotopic (exact) mass is 627 g/mol. The van der Waals surface area contributed by atoms with Gasteiger partial charge in [-0.05, 0) is 69.5 Å². The molecule has 0 saturated carbocycles. The first-order valence-electron chi connectivity index (χ1n) is 15.1. The number of carbonyl (C=O) groups excluding carboxylic acids is 4. The Morgan fingerprint density at radius 2 is 1.61 bits per heavy atom. The normalized spacial score (nSPS) is 11.2. The van der Waals surface area contributed by atoms with Gasteiger partial charge in [-0.25, -0.2) is 9.97 Å². The Balaban J connectivity index is 1.37. The minimum atomic E-state index is -0.569. The third-order valence-corrected chi connectivity index (χ3v) is 7.71. The number of hydrogen-bond donors (Lipinski definition) is 3. The van der Waals surface area contributed by atoms with Gasteiger partial charge in [0.05, 0.1) is 41.3 Å². The van der Waals surface area contributed by atoms with Crippen molar-refractivity contribution in [2.24, 2.45) is 5.73 Å². The number of aromatic nitrogens is 6. The summed E-state index contributed by atoms with van der Waals surface area (Å²) in [6, 6.07) is 12.5. The van der Waals surface area contributed by atoms with Crippen LogP contribution in [0, 0.1) is 13.8 Å². The maximum absolute atomic E-state index is 13.3. The van der Waals surface area contributed by atoms with Gasteiger partial charge in [-0.2, -0.15) is 5.10 Å². The highest BCUT2D eigenvalue weighted by atomic mass is 16.5. The van der Waals surface area contributed by atoms with Gasteiger partial charge >= 0.3 is 5.97 Å². The van der Waals surface area contributed by atoms with E-state index in [1.54, 1.807) is 28.9 Å². The first kappa shape index (κ1) is 31.9. The zero-order chi connectivity index (χ0) is 33.0. The van der Waals surface area contributed by atoms with Crippen molar-refractivity contribution in [2.45, 2.75) is 66.1 Å². The predicted octanol–water partition coefficient (Wildman–Crippen LogP) is 3.94. The summed E-state index contributed by atoms with van der Waals surface area (Å²) in [5.74, 6) is -0.964. The minimum Gasteiger partial charge on any atom is -0.469 e. The van der Waals surface area contributed by atoms with E-state index in [-0.39, 0.29) is 24.7 Å². The molecule has 46 heavy (non-hydrogen) atoms. The number of benzene rings is 2. The molecular formula is C32H37N9O5. The van der Waals surface area contributed by atoms with Crippen molar-refractivity contribution < 1.29 is 23.9 Å². The number of para-hydroxylation sites is 1. The number of rotatable bonds is 13. The zero-order valence-corrected chi connectivity index (χ0v) is 26.3. The van der Waals surface area contributed by atoms with Crippen LogP contribution in [-0.4, -0.2) is 59.7 Å². The number of primary amides is 1. The van der Waals surface area contributed by atoms with Crippen molar-refractivity contribution in [3.8, 4) is 0 Å². The standard InChI is InChI=1S/C32H37N9O5/c1-5-41-25(17-20(3)38-41)30(45)37-32-35-23-18-21(29(33)44)11-12-24(23)39(32)15-6-7-16-40-28-19(2)9-8-10-22(28)34-31(40)36-26(42)13-14-27(43)46-4/h8-12,17-18H,5-7,13-16H2,1-4H3,(H2,33,44)(H,34,36,42)(H,35,37,45). The molecule has 5 aromatic rings. The molecule has 14 nitrogen and oxygen atoms in total. The summed E-state index contributed by atoms with van der Waals surface area (Å²) >= 11 is 0. The fourth-order valence-electron chi connectivity index (χ4n) is 5.46. The first-order chi connectivity index (χ1) is 22.1. The van der Waals surface area contributed by atoms with E-state index in [4.69, 9.17) is 5.73 Å². The Hall–Kier alpha value is -5.53. The summed E-state index contributed by atoms with van der Waals surface area (Å²) in [7, 11) is 1.28. The molecule has 0 spiro atoms. The number of hydrogen-bond acceptors (Lipinski definition) is 8. The summed E-state index contributed by atoms with van der Waals surface area (Å²) in [4.78, 5) is 58.6. The lowest BCUT2D eigenvalue weighted by Crippen LogP contribution is -2.20. The number of ether oxygens (including phenoxy) is 1. The second-order valence-electron chi connectivity index (χ2n) is 11.0. The summed E-state index contributed by atoms with van der Waals surface area (Å²) < 4.78 is 10.2. The molecule has 3 aromatic heterocycles. The summed E-state index contributed by atoms with van der Waals surface area (Å²) in [5.41, 5.74) is 10.9. The Labute approximate surface area is 264 Å². The largest absolute Gasteiger partial charge is 0.469 e. The zero-order valence-electron chi connectivity index (χ0n) is 26.3. The second-order valence-corrected chi connectivity index (χ2v) is 11.0. The van der Waals surface area contributed by atoms with Gasteiger partial charge in [0.2, 0.25) is 23.7 Å². The molecule has 0 atom stereocenters. The van der Waals surface area contributed by atoms with Crippen molar-refractivity contribution in [3.05, 3.63) is 65.0 Å². The summed E-state index contributed by atoms with van der Waals surface area (Å²) in [6.07, 6.45) is 1.33. The van der Waals surface area contributed by atoms with Gasteiger partial charge in [0.15, 0.2) is 0 Å². The van der Waals surface area contributed by atoms with Crippen molar-refractivity contribution >= 4 is 57.7 Å². The molecule has 0 fully saturated rings. The number of nitrogens with one attached hydrogen (secondary N) is 2. The number of imidazole rings is 2. The molecule has 3 heterocycles. The number of nitrogens with two attached hydrogens (primary N) is 1. The van der Waals surface area contributed by atoms with Crippen molar-refractivity contribution in [1.29, 1.82) is 0 Å². The molecule has 240 valence electrons. The molecule has 0 unspecified atom stereocenters. The minimum absolute atomic E-state index is 0.0207. The van der Waals surface area contributed by atoms with Gasteiger partial charge in [-0.3, -0.25) is 34.5 Å². The van der Waals surface area contributed by atoms with Crippen LogP contribution in [0.3, 0.4) is 0 Å². The predicted molar refractivity (Wildman–Crippen MR) is 172 cm³/mol. The number of nitrogens with zero attached hydrogens (tertiary/aromatic N) is 6. The topological polar surface area (TPSA) is 181 Å². The highest BCUT2D eigenvalue weighted by molar-refractivity contribution is 6.03. The van der Waals surface area contributed by atoms with Crippen molar-refractivity contribution in [1.82, 2.24) is 28.9 Å². The molecule has 0 bridgehead atoms. The van der Waals surface area contributed by atoms with Crippen molar-refractivity contribution in [2.75, 3.05) is 17.7 Å². The van der Waals surface area contributed by atoms with E-state index in [0.29, 0.717) is 61.1 Å². The maximum atomic E-state index is 13.3. The molecule has 5 rings (SSSR count). The molecule has 0 radical (unpaired) electrons. The molecule has 0 aliphatic rings. The highest BCUT2D eigenvalue weighted by Gasteiger charge is 2.20. The quantitative estimate of drug-likeness (QED) is 0.130. The van der Waals surface area contributed by atoms with E-state index in [1.807, 2.05) is 48.1 Å². The van der Waals surface area contributed by atoms with E-state index in [1.165, 1.54) is 7.11 Å². The molecule has 3 amide bonds. The molecule has 0 saturated heterocycles. The van der Waals surface area contributed by atoms with E-state index in [2.05, 4.69) is 30.4 Å². The Bertz CT molecular complexity index is 1950. The van der Waals surface area contributed by atoms with Crippen LogP contribution in [-0.2, 0) is 34.0 Å². The van der Waals surface area contributed by atoms with Gasteiger partial charge in [0.1, 0.15) is 5.69 Å². The van der Waals surface area contributed by atoms with Gasteiger partial charge in [0.25, 0.3) is 5.91 Å². The van der Waals surface area contributed by atoms with E-state index >= 15 is 0 Å². The number of fused-ring (bicyclic) bond motifs is 2. The molecule has 4 N–H and O–H groups in total. The third kappa shape index (κ3) is 6.75. The second kappa shape index (κ2) is 13.6. The van der Waals surface area contributed by atoms with E-state index < -0.39 is 11.9 Å². The Morgan fingerprint density at radius 1 is 0.891 bits per heavy atom. The smallest absolute Gasteiger partial charge is 0.306 e. The Morgan fingerprint density at radius 3 is 2.33 bits per heavy atom. The van der Waals surface area contributed by atoms with Gasteiger partial charge in [0, 0.05) is 31.6 Å². The van der Waals surface area contributed by atoms with Crippen LogP contribution in [0.4, 0.5) is 11.9 Å². The Kier molecular flexibility index (Phi) is 9.45. The average Bonchev–Trinajstić information content (AvgIpc) is 3.70. The highest BCUT2D eigenvalue weighted by Crippen LogP contribution is 2.26. The van der Waals surface area contributed by atoms with Gasteiger partial charge in [-0.15, -0.1) is 0 Å². The number of aryl methyl sites for hydroxylation is 5. The lowest BCUT2D eigenvalue weighted by Gasteiger charge is -2.13. The summed E-state index contributed by atoms with van der Waals surface area (Å²) in [5, 5.41) is 10.2. The van der Waals surface area contributed by atoms with Crippen LogP contribution in [0.25, 0.3) is 22.1 Å². The van der Waals surface area contributed by atoms with Crippen LogP contribution in [0.2, 0.25) is 0 Å². The fraction of sp³-hybridized carbons (Fsp3) is 0.344. The number of methoxy groups -OCH3 is 1. The van der Waals surface area contributed by atoms with Crippen LogP contribution in [0.5, 0.6) is 0 Å². The fourth-order valence-corrected chi connectivity index (χ4v) is 5.46. The van der Waals surface area contributed by atoms with E-state index in [0.717, 1.165) is 27.8 Å². The number of carbonyl (C=O) groups is 4. The average molecular weight is 628 g/mol. The van der Waals surface area contributed by atoms with Crippen molar-refractivity contribution in [3.63, 3.8) is 0 Å². The molecule has 0 aliphatic heterocycles. The molecular weight excluding hydrogens is 590 g/mol. The lowest BCUT2D eigenvalue weighted by atomic mass is 10.2. The maximum Gasteiger partial charge on any atom is 0.306 e. The van der Waals surface area contributed by atoms with Gasteiger partial charge < -0.3 is 19.6 Å². The van der Waals surface area contributed by atoms with Crippen LogP contribution < -0.4 is 16.4 Å². The van der Waals surface area contributed by atoms with E-state index in [9.17, 15) is 19.2 Å². The summed E-state index contributed by atoms with van der Waals surface area (Å²) in [6.45, 7) is 7.30. The van der Waals surface area contributed by atoms with Crippen LogP contribution in [0.15, 0.2) is 42.5 Å². The van der Waals surface area contributed by atoms with Gasteiger partial charge in [-0.1, -0.05) is 12.1 Å². The molecule has 14 heteroatoms. The van der Waals surface area contributed by atoms with Crippen LogP contribution >= 0.6 is 0 Å². The number of amides is 3. The number of esters is 1. The molecule has 2 aromatic carbocycles.